The Morgan fingerprint density at radius 2 is 2.25 bits per heavy atom. The van der Waals surface area contributed by atoms with E-state index in [0.29, 0.717) is 0 Å². The normalized spacial score (nSPS) is 12.9. The number of carbonyl (C=O) groups excluding carboxylic acids is 1. The molecule has 0 fully saturated rings. The van der Waals surface area contributed by atoms with Crippen LogP contribution in [0.2, 0.25) is 0 Å². The number of primary amides is 1. The summed E-state index contributed by atoms with van der Waals surface area (Å²) < 4.78 is 0. The molecule has 2 amide bonds. The summed E-state index contributed by atoms with van der Waals surface area (Å²) in [5, 5.41) is 3.79. The topological polar surface area (TPSA) is 67.5 Å². The summed E-state index contributed by atoms with van der Waals surface area (Å²) in [5.74, 6) is 0. The van der Waals surface area contributed by atoms with E-state index in [-0.39, 0.29) is 0 Å². The van der Waals surface area contributed by atoms with Crippen molar-refractivity contribution in [3.8, 4) is 0 Å². The molecule has 3 N–H and O–H groups in total. The van der Waals surface area contributed by atoms with E-state index in [1.807, 2.05) is 26.8 Å². The van der Waals surface area contributed by atoms with Crippen LogP contribution in [0.5, 0.6) is 0 Å². The average molecular weight is 169 g/mol. The lowest BCUT2D eigenvalue weighted by molar-refractivity contribution is 0.249. The van der Waals surface area contributed by atoms with Crippen molar-refractivity contribution in [2.24, 2.45) is 10.8 Å². The molecule has 12 heavy (non-hydrogen) atoms. The van der Waals surface area contributed by atoms with Crippen molar-refractivity contribution < 1.29 is 4.79 Å². The van der Waals surface area contributed by atoms with Gasteiger partial charge in [0.1, 0.15) is 0 Å². The minimum absolute atomic E-state index is 0.638. The zero-order valence-corrected chi connectivity index (χ0v) is 7.72. The number of nitrogens with zero attached hydrogens (tertiary/aromatic N) is 1. The van der Waals surface area contributed by atoms with Crippen LogP contribution in [0.3, 0.4) is 0 Å². The Bertz CT molecular complexity index is 218. The van der Waals surface area contributed by atoms with Gasteiger partial charge in [0.05, 0.1) is 5.71 Å². The Balaban J connectivity index is 4.25. The number of nitrogens with two attached hydrogens (primary N) is 1. The van der Waals surface area contributed by atoms with Crippen molar-refractivity contribution in [3.63, 3.8) is 0 Å². The maximum atomic E-state index is 10.3. The number of hydrogen-bond acceptors (Lipinski definition) is 2. The molecule has 0 aromatic rings. The van der Waals surface area contributed by atoms with Crippen molar-refractivity contribution in [3.05, 3.63) is 11.6 Å². The quantitative estimate of drug-likeness (QED) is 0.486. The highest BCUT2D eigenvalue weighted by Crippen LogP contribution is 2.01. The van der Waals surface area contributed by atoms with Gasteiger partial charge in [0.15, 0.2) is 0 Å². The van der Waals surface area contributed by atoms with Crippen molar-refractivity contribution in [1.29, 1.82) is 0 Å². The number of allylic oxidation sites excluding steroid dienone is 2. The molecular formula is C8H15N3O. The molecule has 0 saturated carbocycles. The highest BCUT2D eigenvalue weighted by atomic mass is 16.2. The molecule has 0 aromatic heterocycles. The second kappa shape index (κ2) is 5.35. The van der Waals surface area contributed by atoms with Gasteiger partial charge in [-0.3, -0.25) is 0 Å². The van der Waals surface area contributed by atoms with Gasteiger partial charge in [-0.2, -0.15) is 5.10 Å². The van der Waals surface area contributed by atoms with Crippen LogP contribution in [0.4, 0.5) is 4.79 Å². The zero-order valence-electron chi connectivity index (χ0n) is 7.72. The van der Waals surface area contributed by atoms with E-state index < -0.39 is 6.03 Å². The molecule has 0 radical (unpaired) electrons. The number of hydrazone groups is 1. The molecule has 0 aliphatic heterocycles. The van der Waals surface area contributed by atoms with Crippen molar-refractivity contribution >= 4 is 11.7 Å². The van der Waals surface area contributed by atoms with E-state index in [4.69, 9.17) is 5.73 Å². The lowest BCUT2D eigenvalue weighted by Crippen LogP contribution is -2.25. The van der Waals surface area contributed by atoms with Crippen molar-refractivity contribution in [2.45, 2.75) is 27.2 Å². The predicted molar refractivity (Wildman–Crippen MR) is 49.9 cm³/mol. The molecule has 0 aliphatic rings. The highest BCUT2D eigenvalue weighted by molar-refractivity contribution is 5.98. The Morgan fingerprint density at radius 1 is 1.67 bits per heavy atom. The molecule has 0 aromatic carbocycles. The minimum atomic E-state index is -0.638. The summed E-state index contributed by atoms with van der Waals surface area (Å²) in [7, 11) is 0. The molecule has 0 unspecified atom stereocenters. The Labute approximate surface area is 72.5 Å². The maximum Gasteiger partial charge on any atom is 0.332 e. The maximum absolute atomic E-state index is 10.3. The summed E-state index contributed by atoms with van der Waals surface area (Å²) in [6.07, 6.45) is 2.85. The third-order valence-corrected chi connectivity index (χ3v) is 1.53. The van der Waals surface area contributed by atoms with Gasteiger partial charge in [-0.15, -0.1) is 0 Å². The van der Waals surface area contributed by atoms with E-state index in [1.165, 1.54) is 0 Å². The van der Waals surface area contributed by atoms with Gasteiger partial charge in [-0.05, 0) is 25.8 Å². The Hall–Kier alpha value is -1.32. The lowest BCUT2D eigenvalue weighted by atomic mass is 10.1. The van der Waals surface area contributed by atoms with Crippen LogP contribution in [0.1, 0.15) is 27.2 Å². The summed E-state index contributed by atoms with van der Waals surface area (Å²) in [4.78, 5) is 10.3. The van der Waals surface area contributed by atoms with Crippen molar-refractivity contribution in [2.75, 3.05) is 0 Å². The fourth-order valence-electron chi connectivity index (χ4n) is 0.880. The minimum Gasteiger partial charge on any atom is -0.350 e. The van der Waals surface area contributed by atoms with Crippen LogP contribution in [0, 0.1) is 0 Å². The van der Waals surface area contributed by atoms with Gasteiger partial charge in [0.2, 0.25) is 0 Å². The zero-order chi connectivity index (χ0) is 9.56. The summed E-state index contributed by atoms with van der Waals surface area (Å²) in [6, 6.07) is -0.638. The van der Waals surface area contributed by atoms with Crippen LogP contribution >= 0.6 is 0 Å². The van der Waals surface area contributed by atoms with Crippen LogP contribution < -0.4 is 11.2 Å². The first-order valence-electron chi connectivity index (χ1n) is 3.87. The van der Waals surface area contributed by atoms with E-state index in [2.05, 4.69) is 10.5 Å². The first kappa shape index (κ1) is 10.7. The largest absolute Gasteiger partial charge is 0.350 e. The fraction of sp³-hybridized carbons (Fsp3) is 0.500. The highest BCUT2D eigenvalue weighted by Gasteiger charge is 1.97. The number of hydrogen-bond donors (Lipinski definition) is 2. The molecule has 0 heterocycles. The van der Waals surface area contributed by atoms with Crippen LogP contribution in [0.25, 0.3) is 0 Å². The molecule has 0 saturated heterocycles. The SMILES string of the molecule is C/C=C(CC)/C(C)=N/NC(N)=O. The summed E-state index contributed by atoms with van der Waals surface area (Å²) in [5.41, 5.74) is 8.92. The second-order valence-corrected chi connectivity index (χ2v) is 2.34. The van der Waals surface area contributed by atoms with Crippen LogP contribution in [-0.4, -0.2) is 11.7 Å². The van der Waals surface area contributed by atoms with Gasteiger partial charge in [0, 0.05) is 0 Å². The molecule has 4 heteroatoms. The first-order chi connectivity index (χ1) is 5.61. The Morgan fingerprint density at radius 3 is 2.58 bits per heavy atom. The van der Waals surface area contributed by atoms with Gasteiger partial charge in [-0.25, -0.2) is 10.2 Å². The van der Waals surface area contributed by atoms with Gasteiger partial charge in [0.25, 0.3) is 0 Å². The third kappa shape index (κ3) is 3.75. The Kier molecular flexibility index (Phi) is 4.76. The van der Waals surface area contributed by atoms with E-state index in [0.717, 1.165) is 17.7 Å². The van der Waals surface area contributed by atoms with Crippen LogP contribution in [0.15, 0.2) is 16.8 Å². The predicted octanol–water partition coefficient (Wildman–Crippen LogP) is 1.39. The van der Waals surface area contributed by atoms with Gasteiger partial charge < -0.3 is 5.73 Å². The second-order valence-electron chi connectivity index (χ2n) is 2.34. The molecule has 4 nitrogen and oxygen atoms in total. The third-order valence-electron chi connectivity index (χ3n) is 1.53. The van der Waals surface area contributed by atoms with E-state index in [1.54, 1.807) is 0 Å². The summed E-state index contributed by atoms with van der Waals surface area (Å²) >= 11 is 0. The molecule has 0 rings (SSSR count). The molecule has 0 aliphatic carbocycles. The number of rotatable bonds is 3. The number of amides is 2. The monoisotopic (exact) mass is 169 g/mol. The molecular weight excluding hydrogens is 154 g/mol. The van der Waals surface area contributed by atoms with E-state index >= 15 is 0 Å². The fourth-order valence-corrected chi connectivity index (χ4v) is 0.880. The molecule has 68 valence electrons. The first-order valence-corrected chi connectivity index (χ1v) is 3.87. The number of urea groups is 1. The van der Waals surface area contributed by atoms with Crippen molar-refractivity contribution in [1.82, 2.24) is 5.43 Å². The standard InChI is InChI=1S/C8H15N3O/c1-4-7(5-2)6(3)10-11-8(9)12/h4H,5H2,1-3H3,(H3,9,11,12)/b7-4+,10-6+. The molecule has 0 bridgehead atoms. The molecule has 0 atom stereocenters. The lowest BCUT2D eigenvalue weighted by Gasteiger charge is -2.02. The number of nitrogens with one attached hydrogen (secondary N) is 1. The summed E-state index contributed by atoms with van der Waals surface area (Å²) in [6.45, 7) is 5.79. The number of carbonyl (C=O) groups is 1. The van der Waals surface area contributed by atoms with E-state index in [9.17, 15) is 4.79 Å². The average Bonchev–Trinajstić information content (AvgIpc) is 2.03. The van der Waals surface area contributed by atoms with Gasteiger partial charge in [-0.1, -0.05) is 13.0 Å². The van der Waals surface area contributed by atoms with Crippen LogP contribution in [-0.2, 0) is 0 Å². The molecule has 0 spiro atoms. The smallest absolute Gasteiger partial charge is 0.332 e. The van der Waals surface area contributed by atoms with Gasteiger partial charge >= 0.3 is 6.03 Å².